The smallest absolute Gasteiger partial charge is 0.336 e. The van der Waals surface area contributed by atoms with Crippen LogP contribution in [-0.4, -0.2) is 56.9 Å². The van der Waals surface area contributed by atoms with Crippen molar-refractivity contribution in [3.63, 3.8) is 0 Å². The maximum absolute atomic E-state index is 11.3. The van der Waals surface area contributed by atoms with Gasteiger partial charge in [0.1, 0.15) is 0 Å². The lowest BCUT2D eigenvalue weighted by Crippen LogP contribution is -2.17. The largest absolute Gasteiger partial charge is 0.478 e. The first kappa shape index (κ1) is 24.1. The van der Waals surface area contributed by atoms with Gasteiger partial charge in [-0.25, -0.2) is 24.0 Å². The second kappa shape index (κ2) is 10.9. The summed E-state index contributed by atoms with van der Waals surface area (Å²) in [6, 6.07) is 1.91. The number of aromatic carboxylic acids is 3. The average molecular weight is 394 g/mol. The van der Waals surface area contributed by atoms with E-state index in [0.717, 1.165) is 18.2 Å². The third kappa shape index (κ3) is 7.12. The number of carbonyl (C=O) groups is 5. The lowest BCUT2D eigenvalue weighted by Gasteiger charge is -2.12. The summed E-state index contributed by atoms with van der Waals surface area (Å²) in [5.74, 6) is -6.19. The van der Waals surface area contributed by atoms with E-state index in [0.29, 0.717) is 0 Å². The summed E-state index contributed by atoms with van der Waals surface area (Å²) in [7, 11) is 0. The molecule has 28 heavy (non-hydrogen) atoms. The van der Waals surface area contributed by atoms with E-state index in [9.17, 15) is 29.1 Å². The van der Waals surface area contributed by atoms with Crippen molar-refractivity contribution in [3.8, 4) is 0 Å². The first-order valence-corrected chi connectivity index (χ1v) is 7.47. The van der Waals surface area contributed by atoms with Gasteiger partial charge in [-0.1, -0.05) is 13.2 Å². The number of hydrogen-bond acceptors (Lipinski definition) is 6. The molecule has 0 amide bonds. The Kier molecular flexibility index (Phi) is 9.37. The topological polar surface area (TPSA) is 175 Å². The fourth-order valence-corrected chi connectivity index (χ4v) is 1.84. The van der Waals surface area contributed by atoms with Crippen molar-refractivity contribution in [3.05, 3.63) is 59.2 Å². The molecule has 4 N–H and O–H groups in total. The number of hydrogen-bond donors (Lipinski definition) is 4. The van der Waals surface area contributed by atoms with Crippen LogP contribution >= 0.6 is 0 Å². The van der Waals surface area contributed by atoms with E-state index in [4.69, 9.17) is 15.3 Å². The SMILES string of the molecule is C=C(C)C(=O)O.C=CC(=O)OCCc1c(C(=O)O)ccc(C(=O)O)c1C(=O)O. The molecule has 0 atom stereocenters. The number of esters is 1. The molecular formula is C18H18O10. The van der Waals surface area contributed by atoms with Gasteiger partial charge in [-0.05, 0) is 24.6 Å². The van der Waals surface area contributed by atoms with Gasteiger partial charge in [0.05, 0.1) is 23.3 Å². The summed E-state index contributed by atoms with van der Waals surface area (Å²) in [5.41, 5.74) is -1.59. The molecule has 1 aromatic carbocycles. The maximum Gasteiger partial charge on any atom is 0.336 e. The van der Waals surface area contributed by atoms with Gasteiger partial charge in [0.25, 0.3) is 0 Å². The van der Waals surface area contributed by atoms with Crippen LogP contribution in [-0.2, 0) is 20.7 Å². The minimum absolute atomic E-state index is 0.176. The van der Waals surface area contributed by atoms with Gasteiger partial charge in [0.15, 0.2) is 0 Å². The highest BCUT2D eigenvalue weighted by Crippen LogP contribution is 2.21. The second-order valence-corrected chi connectivity index (χ2v) is 5.14. The zero-order valence-corrected chi connectivity index (χ0v) is 14.8. The van der Waals surface area contributed by atoms with Crippen molar-refractivity contribution in [1.82, 2.24) is 0 Å². The van der Waals surface area contributed by atoms with Crippen LogP contribution in [0.4, 0.5) is 0 Å². The minimum Gasteiger partial charge on any atom is -0.478 e. The van der Waals surface area contributed by atoms with Gasteiger partial charge in [0, 0.05) is 18.1 Å². The highest BCUT2D eigenvalue weighted by atomic mass is 16.5. The molecule has 0 aliphatic rings. The standard InChI is InChI=1S/C14H12O8.C4H6O2/c1-2-10(15)22-6-5-7-8(12(16)17)3-4-9(13(18)19)11(7)14(20)21;1-3(2)4(5)6/h2-4H,1,5-6H2,(H,16,17)(H,18,19)(H,20,21);1H2,2H3,(H,5,6). The number of rotatable bonds is 8. The molecule has 0 fully saturated rings. The van der Waals surface area contributed by atoms with Crippen LogP contribution in [0.2, 0.25) is 0 Å². The number of carboxylic acids is 4. The van der Waals surface area contributed by atoms with Crippen molar-refractivity contribution < 1.29 is 49.1 Å². The molecule has 0 aromatic heterocycles. The Hall–Kier alpha value is -3.95. The van der Waals surface area contributed by atoms with Crippen molar-refractivity contribution in [2.45, 2.75) is 13.3 Å². The summed E-state index contributed by atoms with van der Waals surface area (Å²) in [4.78, 5) is 54.1. The van der Waals surface area contributed by atoms with Crippen LogP contribution in [0.15, 0.2) is 36.9 Å². The number of aliphatic carboxylic acids is 1. The monoisotopic (exact) mass is 394 g/mol. The first-order chi connectivity index (χ1) is 12.9. The molecule has 150 valence electrons. The Morgan fingerprint density at radius 2 is 1.43 bits per heavy atom. The third-order valence-corrected chi connectivity index (χ3v) is 3.12. The predicted molar refractivity (Wildman–Crippen MR) is 94.6 cm³/mol. The highest BCUT2D eigenvalue weighted by molar-refractivity contribution is 6.05. The minimum atomic E-state index is -1.58. The third-order valence-electron chi connectivity index (χ3n) is 3.12. The van der Waals surface area contributed by atoms with E-state index in [2.05, 4.69) is 17.9 Å². The summed E-state index contributed by atoms with van der Waals surface area (Å²) >= 11 is 0. The molecular weight excluding hydrogens is 376 g/mol. The van der Waals surface area contributed by atoms with Crippen LogP contribution in [0.25, 0.3) is 0 Å². The number of ether oxygens (including phenoxy) is 1. The van der Waals surface area contributed by atoms with Gasteiger partial charge in [-0.3, -0.25) is 0 Å². The van der Waals surface area contributed by atoms with Crippen LogP contribution in [0.3, 0.4) is 0 Å². The van der Waals surface area contributed by atoms with Crippen LogP contribution in [0.5, 0.6) is 0 Å². The lowest BCUT2D eigenvalue weighted by atomic mass is 9.93. The molecule has 0 saturated carbocycles. The van der Waals surface area contributed by atoms with Gasteiger partial charge in [-0.15, -0.1) is 0 Å². The van der Waals surface area contributed by atoms with E-state index in [-0.39, 0.29) is 29.7 Å². The average Bonchev–Trinajstić information content (AvgIpc) is 2.60. The Balaban J connectivity index is 0.00000105. The Morgan fingerprint density at radius 1 is 0.964 bits per heavy atom. The fraction of sp³-hybridized carbons (Fsp3) is 0.167. The molecule has 0 spiro atoms. The summed E-state index contributed by atoms with van der Waals surface area (Å²) in [6.45, 7) is 7.47. The molecule has 0 bridgehead atoms. The summed E-state index contributed by atoms with van der Waals surface area (Å²) in [6.07, 6.45) is 0.633. The zero-order valence-electron chi connectivity index (χ0n) is 14.8. The van der Waals surface area contributed by atoms with Gasteiger partial charge >= 0.3 is 29.8 Å². The quantitative estimate of drug-likeness (QED) is 0.375. The van der Waals surface area contributed by atoms with Crippen LogP contribution < -0.4 is 0 Å². The van der Waals surface area contributed by atoms with Gasteiger partial charge in [0.2, 0.25) is 0 Å². The first-order valence-electron chi connectivity index (χ1n) is 7.47. The zero-order chi connectivity index (χ0) is 22.0. The Labute approximate surface area is 159 Å². The van der Waals surface area contributed by atoms with E-state index >= 15 is 0 Å². The molecule has 10 nitrogen and oxygen atoms in total. The molecule has 0 saturated heterocycles. The van der Waals surface area contributed by atoms with Crippen molar-refractivity contribution in [2.75, 3.05) is 6.61 Å². The number of carboxylic acid groups (broad SMARTS) is 4. The van der Waals surface area contributed by atoms with Crippen molar-refractivity contribution in [1.29, 1.82) is 0 Å². The van der Waals surface area contributed by atoms with Gasteiger partial charge in [-0.2, -0.15) is 0 Å². The molecule has 0 aliphatic heterocycles. The predicted octanol–water partition coefficient (Wildman–Crippen LogP) is 1.70. The Morgan fingerprint density at radius 3 is 1.79 bits per heavy atom. The van der Waals surface area contributed by atoms with E-state index < -0.39 is 41.0 Å². The molecule has 0 aliphatic carbocycles. The van der Waals surface area contributed by atoms with E-state index in [1.165, 1.54) is 6.92 Å². The second-order valence-electron chi connectivity index (χ2n) is 5.14. The summed E-state index contributed by atoms with van der Waals surface area (Å²) < 4.78 is 4.67. The molecule has 1 aromatic rings. The number of carbonyl (C=O) groups excluding carboxylic acids is 1. The molecule has 1 rings (SSSR count). The van der Waals surface area contributed by atoms with E-state index in [1.807, 2.05) is 0 Å². The highest BCUT2D eigenvalue weighted by Gasteiger charge is 2.25. The van der Waals surface area contributed by atoms with Crippen molar-refractivity contribution in [2.24, 2.45) is 0 Å². The molecule has 0 radical (unpaired) electrons. The van der Waals surface area contributed by atoms with Crippen molar-refractivity contribution >= 4 is 29.8 Å². The van der Waals surface area contributed by atoms with Crippen LogP contribution in [0, 0.1) is 0 Å². The Bertz CT molecular complexity index is 823. The molecule has 0 heterocycles. The molecule has 10 heteroatoms. The normalized spacial score (nSPS) is 9.32. The molecule has 0 unspecified atom stereocenters. The maximum atomic E-state index is 11.3. The fourth-order valence-electron chi connectivity index (χ4n) is 1.84. The van der Waals surface area contributed by atoms with Crippen LogP contribution in [0.1, 0.15) is 43.6 Å². The van der Waals surface area contributed by atoms with E-state index in [1.54, 1.807) is 0 Å². The van der Waals surface area contributed by atoms with Gasteiger partial charge < -0.3 is 25.2 Å². The summed E-state index contributed by atoms with van der Waals surface area (Å²) in [5, 5.41) is 35.2. The number of benzene rings is 1. The lowest BCUT2D eigenvalue weighted by molar-refractivity contribution is -0.137.